The minimum Gasteiger partial charge on any atom is -0.392 e. The molecule has 1 aromatic carbocycles. The third kappa shape index (κ3) is 3.19. The van der Waals surface area contributed by atoms with Gasteiger partial charge in [-0.1, -0.05) is 38.4 Å². The van der Waals surface area contributed by atoms with E-state index in [0.717, 1.165) is 12.0 Å². The molecule has 1 N–H and O–H groups in total. The highest BCUT2D eigenvalue weighted by molar-refractivity contribution is 6.30. The van der Waals surface area contributed by atoms with E-state index in [1.54, 1.807) is 12.1 Å². The van der Waals surface area contributed by atoms with E-state index in [0.29, 0.717) is 6.42 Å². The molecule has 1 nitrogen and oxygen atoms in total. The molecule has 0 aliphatic carbocycles. The van der Waals surface area contributed by atoms with Crippen LogP contribution in [-0.2, 0) is 6.42 Å². The van der Waals surface area contributed by atoms with Crippen molar-refractivity contribution in [1.29, 1.82) is 0 Å². The molecule has 0 bridgehead atoms. The summed E-state index contributed by atoms with van der Waals surface area (Å²) in [6, 6.07) is 4.57. The summed E-state index contributed by atoms with van der Waals surface area (Å²) in [6.07, 6.45) is 0.947. The quantitative estimate of drug-likeness (QED) is 0.854. The molecule has 3 heteroatoms. The van der Waals surface area contributed by atoms with Gasteiger partial charge < -0.3 is 5.11 Å². The second-order valence-electron chi connectivity index (χ2n) is 4.81. The zero-order valence-corrected chi connectivity index (χ0v) is 10.7. The van der Waals surface area contributed by atoms with Gasteiger partial charge in [-0.15, -0.1) is 0 Å². The molecule has 0 fully saturated rings. The van der Waals surface area contributed by atoms with Gasteiger partial charge >= 0.3 is 0 Å². The summed E-state index contributed by atoms with van der Waals surface area (Å²) in [5.41, 5.74) is 0.723. The third-order valence-corrected chi connectivity index (χ3v) is 3.52. The molecule has 1 unspecified atom stereocenters. The maximum Gasteiger partial charge on any atom is 0.141 e. The first kappa shape index (κ1) is 13.5. The van der Waals surface area contributed by atoms with Crippen LogP contribution in [0.5, 0.6) is 0 Å². The SMILES string of the molecule is CCC(C)(C)C(O)Cc1ccc(F)c(Cl)c1. The first-order valence-corrected chi connectivity index (χ1v) is 5.86. The maximum absolute atomic E-state index is 12.9. The van der Waals surface area contributed by atoms with Crippen molar-refractivity contribution in [1.82, 2.24) is 0 Å². The van der Waals surface area contributed by atoms with E-state index in [1.165, 1.54) is 6.07 Å². The minimum absolute atomic E-state index is 0.110. The topological polar surface area (TPSA) is 20.2 Å². The fourth-order valence-corrected chi connectivity index (χ4v) is 1.60. The molecule has 0 amide bonds. The fourth-order valence-electron chi connectivity index (χ4n) is 1.40. The Morgan fingerprint density at radius 3 is 2.56 bits per heavy atom. The van der Waals surface area contributed by atoms with Gasteiger partial charge in [0, 0.05) is 0 Å². The number of aliphatic hydroxyl groups excluding tert-OH is 1. The van der Waals surface area contributed by atoms with Gasteiger partial charge in [0.15, 0.2) is 0 Å². The van der Waals surface area contributed by atoms with Crippen LogP contribution in [0.15, 0.2) is 18.2 Å². The standard InChI is InChI=1S/C13H18ClFO/c1-4-13(2,3)12(16)8-9-5-6-11(15)10(14)7-9/h5-7,12,16H,4,8H2,1-3H3. The van der Waals surface area contributed by atoms with Gasteiger partial charge in [-0.3, -0.25) is 0 Å². The van der Waals surface area contributed by atoms with Gasteiger partial charge in [0.2, 0.25) is 0 Å². The zero-order chi connectivity index (χ0) is 12.3. The van der Waals surface area contributed by atoms with Gasteiger partial charge in [0.05, 0.1) is 11.1 Å². The Kier molecular flexibility index (Phi) is 4.34. The predicted molar refractivity (Wildman–Crippen MR) is 65.2 cm³/mol. The molecule has 0 spiro atoms. The molecule has 0 aromatic heterocycles. The summed E-state index contributed by atoms with van der Waals surface area (Å²) >= 11 is 5.69. The van der Waals surface area contributed by atoms with Gasteiger partial charge in [-0.25, -0.2) is 4.39 Å². The molecule has 0 aliphatic heterocycles. The van der Waals surface area contributed by atoms with Crippen molar-refractivity contribution in [2.75, 3.05) is 0 Å². The van der Waals surface area contributed by atoms with Gasteiger partial charge in [0.25, 0.3) is 0 Å². The van der Waals surface area contributed by atoms with Crippen molar-refractivity contribution in [3.05, 3.63) is 34.6 Å². The summed E-state index contributed by atoms with van der Waals surface area (Å²) in [6.45, 7) is 6.08. The molecular weight excluding hydrogens is 227 g/mol. The normalized spacial score (nSPS) is 13.9. The zero-order valence-electron chi connectivity index (χ0n) is 9.93. The number of benzene rings is 1. The number of hydrogen-bond acceptors (Lipinski definition) is 1. The molecule has 1 atom stereocenters. The van der Waals surface area contributed by atoms with E-state index in [-0.39, 0.29) is 10.4 Å². The highest BCUT2D eigenvalue weighted by Gasteiger charge is 2.25. The molecular formula is C13H18ClFO. The number of halogens is 2. The number of rotatable bonds is 4. The van der Waals surface area contributed by atoms with Crippen LogP contribution in [0.1, 0.15) is 32.8 Å². The Labute approximate surface area is 101 Å². The molecule has 90 valence electrons. The summed E-state index contributed by atoms with van der Waals surface area (Å²) in [4.78, 5) is 0. The van der Waals surface area contributed by atoms with E-state index >= 15 is 0 Å². The van der Waals surface area contributed by atoms with E-state index in [9.17, 15) is 9.50 Å². The molecule has 16 heavy (non-hydrogen) atoms. The molecule has 0 aliphatic rings. The van der Waals surface area contributed by atoms with Crippen LogP contribution in [0.3, 0.4) is 0 Å². The van der Waals surface area contributed by atoms with Crippen LogP contribution in [0.4, 0.5) is 4.39 Å². The molecule has 1 aromatic rings. The summed E-state index contributed by atoms with van der Waals surface area (Å²) in [5, 5.41) is 10.2. The van der Waals surface area contributed by atoms with Crippen LogP contribution >= 0.6 is 11.6 Å². The number of aliphatic hydroxyl groups is 1. The Balaban J connectivity index is 2.77. The first-order valence-electron chi connectivity index (χ1n) is 5.49. The van der Waals surface area contributed by atoms with Crippen LogP contribution in [0.2, 0.25) is 5.02 Å². The molecule has 0 saturated carbocycles. The van der Waals surface area contributed by atoms with Crippen molar-refractivity contribution in [2.45, 2.75) is 39.7 Å². The van der Waals surface area contributed by atoms with Crippen molar-refractivity contribution in [3.8, 4) is 0 Å². The Bertz CT molecular complexity index is 363. The van der Waals surface area contributed by atoms with E-state index in [1.807, 2.05) is 20.8 Å². The monoisotopic (exact) mass is 244 g/mol. The highest BCUT2D eigenvalue weighted by atomic mass is 35.5. The minimum atomic E-state index is -0.445. The van der Waals surface area contributed by atoms with Crippen molar-refractivity contribution in [3.63, 3.8) is 0 Å². The predicted octanol–water partition coefficient (Wildman–Crippen LogP) is 3.82. The van der Waals surface area contributed by atoms with Gasteiger partial charge in [-0.05, 0) is 36.0 Å². The Morgan fingerprint density at radius 1 is 1.44 bits per heavy atom. The second kappa shape index (κ2) is 5.15. The molecule has 0 radical (unpaired) electrons. The summed E-state index contributed by atoms with van der Waals surface area (Å²) in [7, 11) is 0. The lowest BCUT2D eigenvalue weighted by Gasteiger charge is -2.29. The Hall–Kier alpha value is -0.600. The van der Waals surface area contributed by atoms with E-state index < -0.39 is 11.9 Å². The van der Waals surface area contributed by atoms with Crippen LogP contribution in [0, 0.1) is 11.2 Å². The van der Waals surface area contributed by atoms with Crippen molar-refractivity contribution < 1.29 is 9.50 Å². The lowest BCUT2D eigenvalue weighted by Crippen LogP contribution is -2.30. The first-order chi connectivity index (χ1) is 7.36. The van der Waals surface area contributed by atoms with E-state index in [4.69, 9.17) is 11.6 Å². The summed E-state index contributed by atoms with van der Waals surface area (Å²) < 4.78 is 12.9. The smallest absolute Gasteiger partial charge is 0.141 e. The highest BCUT2D eigenvalue weighted by Crippen LogP contribution is 2.28. The van der Waals surface area contributed by atoms with Crippen LogP contribution < -0.4 is 0 Å². The second-order valence-corrected chi connectivity index (χ2v) is 5.22. The molecule has 0 heterocycles. The lowest BCUT2D eigenvalue weighted by molar-refractivity contribution is 0.0479. The molecule has 1 rings (SSSR count). The third-order valence-electron chi connectivity index (χ3n) is 3.23. The van der Waals surface area contributed by atoms with Crippen molar-refractivity contribution >= 4 is 11.6 Å². The maximum atomic E-state index is 12.9. The van der Waals surface area contributed by atoms with Crippen molar-refractivity contribution in [2.24, 2.45) is 5.41 Å². The number of hydrogen-bond donors (Lipinski definition) is 1. The van der Waals surface area contributed by atoms with E-state index in [2.05, 4.69) is 0 Å². The van der Waals surface area contributed by atoms with Gasteiger partial charge in [0.1, 0.15) is 5.82 Å². The fraction of sp³-hybridized carbons (Fsp3) is 0.538. The van der Waals surface area contributed by atoms with Crippen LogP contribution in [-0.4, -0.2) is 11.2 Å². The van der Waals surface area contributed by atoms with Gasteiger partial charge in [-0.2, -0.15) is 0 Å². The average Bonchev–Trinajstić information content (AvgIpc) is 2.23. The lowest BCUT2D eigenvalue weighted by atomic mass is 9.81. The largest absolute Gasteiger partial charge is 0.392 e. The summed E-state index contributed by atoms with van der Waals surface area (Å²) in [5.74, 6) is -0.422. The Morgan fingerprint density at radius 2 is 2.06 bits per heavy atom. The molecule has 0 saturated heterocycles. The average molecular weight is 245 g/mol. The van der Waals surface area contributed by atoms with Crippen LogP contribution in [0.25, 0.3) is 0 Å².